The highest BCUT2D eigenvalue weighted by molar-refractivity contribution is 6.10. The van der Waals surface area contributed by atoms with Gasteiger partial charge in [-0.15, -0.1) is 0 Å². The predicted molar refractivity (Wildman–Crippen MR) is 87.7 cm³/mol. The van der Waals surface area contributed by atoms with Crippen molar-refractivity contribution >= 4 is 23.6 Å². The molecule has 7 nitrogen and oxygen atoms in total. The lowest BCUT2D eigenvalue weighted by molar-refractivity contribution is -0.122. The molecule has 0 unspecified atom stereocenters. The number of para-hydroxylation sites is 1. The molecule has 0 spiro atoms. The maximum atomic E-state index is 12.7. The molecule has 7 heteroatoms. The van der Waals surface area contributed by atoms with E-state index in [1.807, 2.05) is 0 Å². The van der Waals surface area contributed by atoms with Gasteiger partial charge in [0.05, 0.1) is 17.8 Å². The molecule has 0 saturated carbocycles. The van der Waals surface area contributed by atoms with E-state index < -0.39 is 17.7 Å². The number of fused-ring (bicyclic) bond motifs is 2. The number of nitrogens with zero attached hydrogens (tertiary/aromatic N) is 2. The fourth-order valence-corrected chi connectivity index (χ4v) is 2.89. The first-order chi connectivity index (χ1) is 11.3. The first kappa shape index (κ1) is 16.3. The Labute approximate surface area is 140 Å². The van der Waals surface area contributed by atoms with E-state index in [4.69, 9.17) is 4.74 Å². The summed E-state index contributed by atoms with van der Waals surface area (Å²) in [5.41, 5.74) is 0.371. The number of amides is 3. The Kier molecular flexibility index (Phi) is 3.95. The molecule has 0 bridgehead atoms. The number of benzene rings is 1. The number of hydrogen-bond acceptors (Lipinski definition) is 4. The van der Waals surface area contributed by atoms with Gasteiger partial charge in [0.15, 0.2) is 0 Å². The SMILES string of the molecule is CC(C)(C)OC(=O)N1CCN2C(=O)c3ccccc3NC(=O)[C@H]2C1. The number of piperazine rings is 1. The molecule has 0 radical (unpaired) electrons. The topological polar surface area (TPSA) is 79.0 Å². The van der Waals surface area contributed by atoms with Crippen LogP contribution in [-0.4, -0.2) is 59.0 Å². The van der Waals surface area contributed by atoms with Crippen molar-refractivity contribution < 1.29 is 19.1 Å². The van der Waals surface area contributed by atoms with E-state index in [1.54, 1.807) is 45.0 Å². The van der Waals surface area contributed by atoms with Crippen molar-refractivity contribution in [3.8, 4) is 0 Å². The van der Waals surface area contributed by atoms with Gasteiger partial charge in [-0.1, -0.05) is 12.1 Å². The van der Waals surface area contributed by atoms with Crippen LogP contribution in [0.1, 0.15) is 31.1 Å². The largest absolute Gasteiger partial charge is 0.444 e. The summed E-state index contributed by atoms with van der Waals surface area (Å²) < 4.78 is 5.36. The predicted octanol–water partition coefficient (Wildman–Crippen LogP) is 1.70. The van der Waals surface area contributed by atoms with E-state index in [2.05, 4.69) is 5.32 Å². The van der Waals surface area contributed by atoms with E-state index in [0.29, 0.717) is 24.3 Å². The molecule has 2 heterocycles. The van der Waals surface area contributed by atoms with Gasteiger partial charge < -0.3 is 19.9 Å². The summed E-state index contributed by atoms with van der Waals surface area (Å²) >= 11 is 0. The van der Waals surface area contributed by atoms with E-state index in [-0.39, 0.29) is 18.4 Å². The Morgan fingerprint density at radius 2 is 1.92 bits per heavy atom. The lowest BCUT2D eigenvalue weighted by Gasteiger charge is -2.39. The van der Waals surface area contributed by atoms with Crippen LogP contribution in [-0.2, 0) is 9.53 Å². The first-order valence-electron chi connectivity index (χ1n) is 7.95. The fourth-order valence-electron chi connectivity index (χ4n) is 2.89. The van der Waals surface area contributed by atoms with Crippen molar-refractivity contribution in [2.24, 2.45) is 0 Å². The normalized spacial score (nSPS) is 20.7. The summed E-state index contributed by atoms with van der Waals surface area (Å²) in [6.45, 7) is 6.14. The smallest absolute Gasteiger partial charge is 0.410 e. The first-order valence-corrected chi connectivity index (χ1v) is 7.95. The highest BCUT2D eigenvalue weighted by atomic mass is 16.6. The molecule has 1 aromatic carbocycles. The molecular formula is C17H21N3O4. The summed E-state index contributed by atoms with van der Waals surface area (Å²) in [6.07, 6.45) is -0.468. The number of anilines is 1. The van der Waals surface area contributed by atoms with Crippen LogP contribution in [0.2, 0.25) is 0 Å². The molecule has 2 aliphatic heterocycles. The molecule has 1 N–H and O–H groups in total. The zero-order valence-corrected chi connectivity index (χ0v) is 14.0. The number of nitrogens with one attached hydrogen (secondary N) is 1. The Balaban J connectivity index is 1.82. The minimum absolute atomic E-state index is 0.125. The second-order valence-corrected chi connectivity index (χ2v) is 6.98. The molecular weight excluding hydrogens is 310 g/mol. The van der Waals surface area contributed by atoms with Crippen molar-refractivity contribution in [1.29, 1.82) is 0 Å². The summed E-state index contributed by atoms with van der Waals surface area (Å²) in [5.74, 6) is -0.487. The number of rotatable bonds is 0. The zero-order chi connectivity index (χ0) is 17.5. The van der Waals surface area contributed by atoms with Crippen molar-refractivity contribution in [2.75, 3.05) is 25.0 Å². The monoisotopic (exact) mass is 331 g/mol. The zero-order valence-electron chi connectivity index (χ0n) is 14.0. The molecule has 2 aliphatic rings. The molecule has 1 atom stereocenters. The quantitative estimate of drug-likeness (QED) is 0.785. The van der Waals surface area contributed by atoms with Gasteiger partial charge in [0, 0.05) is 13.1 Å². The van der Waals surface area contributed by atoms with Crippen molar-refractivity contribution in [1.82, 2.24) is 9.80 Å². The highest BCUT2D eigenvalue weighted by Crippen LogP contribution is 2.25. The Morgan fingerprint density at radius 1 is 1.21 bits per heavy atom. The summed E-state index contributed by atoms with van der Waals surface area (Å²) in [6, 6.07) is 6.21. The van der Waals surface area contributed by atoms with E-state index >= 15 is 0 Å². The van der Waals surface area contributed by atoms with Gasteiger partial charge in [-0.25, -0.2) is 4.79 Å². The molecule has 3 amide bonds. The third-order valence-electron chi connectivity index (χ3n) is 4.01. The molecule has 128 valence electrons. The lowest BCUT2D eigenvalue weighted by Crippen LogP contribution is -2.60. The van der Waals surface area contributed by atoms with E-state index in [0.717, 1.165) is 0 Å². The Hall–Kier alpha value is -2.57. The molecule has 1 aromatic rings. The standard InChI is InChI=1S/C17H21N3O4/c1-17(2,3)24-16(23)19-8-9-20-13(10-19)14(21)18-12-7-5-4-6-11(12)15(20)22/h4-7,13H,8-10H2,1-3H3,(H,18,21)/t13-/m1/s1. The lowest BCUT2D eigenvalue weighted by atomic mass is 10.1. The summed E-state index contributed by atoms with van der Waals surface area (Å²) in [5, 5.41) is 2.78. The fraction of sp³-hybridized carbons (Fsp3) is 0.471. The number of hydrogen-bond donors (Lipinski definition) is 1. The third kappa shape index (κ3) is 3.06. The van der Waals surface area contributed by atoms with Crippen LogP contribution in [0.3, 0.4) is 0 Å². The average Bonchev–Trinajstić information content (AvgIpc) is 2.62. The van der Waals surface area contributed by atoms with Gasteiger partial charge in [0.25, 0.3) is 5.91 Å². The van der Waals surface area contributed by atoms with Crippen LogP contribution in [0.5, 0.6) is 0 Å². The van der Waals surface area contributed by atoms with Gasteiger partial charge in [-0.2, -0.15) is 0 Å². The van der Waals surface area contributed by atoms with Crippen molar-refractivity contribution in [3.05, 3.63) is 29.8 Å². The van der Waals surface area contributed by atoms with Crippen LogP contribution < -0.4 is 5.32 Å². The molecule has 3 rings (SSSR count). The van der Waals surface area contributed by atoms with Crippen molar-refractivity contribution in [2.45, 2.75) is 32.4 Å². The van der Waals surface area contributed by atoms with Gasteiger partial charge >= 0.3 is 6.09 Å². The summed E-state index contributed by atoms with van der Waals surface area (Å²) in [7, 11) is 0. The second kappa shape index (κ2) is 5.81. The van der Waals surface area contributed by atoms with Gasteiger partial charge in [-0.05, 0) is 32.9 Å². The second-order valence-electron chi connectivity index (χ2n) is 6.98. The number of carbonyl (C=O) groups is 3. The van der Waals surface area contributed by atoms with Crippen LogP contribution in [0.15, 0.2) is 24.3 Å². The molecule has 1 fully saturated rings. The van der Waals surface area contributed by atoms with Gasteiger partial charge in [0.1, 0.15) is 11.6 Å². The van der Waals surface area contributed by atoms with Crippen LogP contribution in [0, 0.1) is 0 Å². The highest BCUT2D eigenvalue weighted by Gasteiger charge is 2.41. The number of ether oxygens (including phenoxy) is 1. The molecule has 24 heavy (non-hydrogen) atoms. The molecule has 0 aliphatic carbocycles. The Bertz CT molecular complexity index is 695. The van der Waals surface area contributed by atoms with E-state index in [1.165, 1.54) is 9.80 Å². The minimum Gasteiger partial charge on any atom is -0.444 e. The number of carbonyl (C=O) groups excluding carboxylic acids is 3. The maximum Gasteiger partial charge on any atom is 0.410 e. The molecule has 1 saturated heterocycles. The van der Waals surface area contributed by atoms with E-state index in [9.17, 15) is 14.4 Å². The molecule has 0 aromatic heterocycles. The summed E-state index contributed by atoms with van der Waals surface area (Å²) in [4.78, 5) is 40.5. The van der Waals surface area contributed by atoms with Crippen LogP contribution >= 0.6 is 0 Å². The van der Waals surface area contributed by atoms with Crippen LogP contribution in [0.4, 0.5) is 10.5 Å². The minimum atomic E-state index is -0.717. The van der Waals surface area contributed by atoms with Gasteiger partial charge in [-0.3, -0.25) is 9.59 Å². The average molecular weight is 331 g/mol. The van der Waals surface area contributed by atoms with Gasteiger partial charge in [0.2, 0.25) is 5.91 Å². The third-order valence-corrected chi connectivity index (χ3v) is 4.01. The maximum absolute atomic E-state index is 12.7. The van der Waals surface area contributed by atoms with Crippen molar-refractivity contribution in [3.63, 3.8) is 0 Å². The Morgan fingerprint density at radius 3 is 2.62 bits per heavy atom. The van der Waals surface area contributed by atoms with Crippen LogP contribution in [0.25, 0.3) is 0 Å².